The highest BCUT2D eigenvalue weighted by molar-refractivity contribution is 6.40. The maximum Gasteiger partial charge on any atom is 0.326 e. The summed E-state index contributed by atoms with van der Waals surface area (Å²) in [7, 11) is 0. The van der Waals surface area contributed by atoms with Crippen molar-refractivity contribution in [1.29, 1.82) is 0 Å². The first kappa shape index (κ1) is 17.6. The highest BCUT2D eigenvalue weighted by atomic mass is 35.5. The molecule has 0 spiro atoms. The molecule has 0 saturated heterocycles. The first-order valence-corrected chi connectivity index (χ1v) is 7.28. The number of rotatable bonds is 5. The molecule has 0 aliphatic heterocycles. The average Bonchev–Trinajstić information content (AvgIpc) is 2.44. The standard InChI is InChI=1S/C14H18Cl2N2O3/c1-4-7(2)11(13(19)20)17-14(21)18-12-9(15)6-5-8(3)10(12)16/h5-7,11H,4H2,1-3H3,(H,19,20)(H2,17,18,21)/t7?,11-/m0/s1. The van der Waals surface area contributed by atoms with E-state index in [0.717, 1.165) is 5.56 Å². The Balaban J connectivity index is 2.87. The highest BCUT2D eigenvalue weighted by Gasteiger charge is 2.25. The van der Waals surface area contributed by atoms with Gasteiger partial charge in [-0.25, -0.2) is 9.59 Å². The average molecular weight is 333 g/mol. The number of benzene rings is 1. The second-order valence-corrected chi connectivity index (χ2v) is 5.64. The van der Waals surface area contributed by atoms with Crippen LogP contribution in [0.25, 0.3) is 0 Å². The molecular weight excluding hydrogens is 315 g/mol. The Morgan fingerprint density at radius 3 is 2.48 bits per heavy atom. The third-order valence-corrected chi connectivity index (χ3v) is 4.09. The Kier molecular flexibility index (Phi) is 6.30. The molecule has 2 amide bonds. The Morgan fingerprint density at radius 1 is 1.33 bits per heavy atom. The van der Waals surface area contributed by atoms with Crippen molar-refractivity contribution in [2.24, 2.45) is 5.92 Å². The monoisotopic (exact) mass is 332 g/mol. The molecule has 0 heterocycles. The van der Waals surface area contributed by atoms with Crippen molar-refractivity contribution in [3.05, 3.63) is 27.7 Å². The fourth-order valence-electron chi connectivity index (χ4n) is 1.75. The van der Waals surface area contributed by atoms with Gasteiger partial charge in [0, 0.05) is 0 Å². The number of nitrogens with one attached hydrogen (secondary N) is 2. The first-order chi connectivity index (χ1) is 9.77. The Bertz CT molecular complexity index is 549. The molecular formula is C14H18Cl2N2O3. The minimum absolute atomic E-state index is 0.197. The van der Waals surface area contributed by atoms with E-state index in [2.05, 4.69) is 10.6 Å². The summed E-state index contributed by atoms with van der Waals surface area (Å²) in [6.07, 6.45) is 0.628. The number of aliphatic carboxylic acids is 1. The van der Waals surface area contributed by atoms with Crippen LogP contribution in [0.5, 0.6) is 0 Å². The molecule has 1 aromatic carbocycles. The van der Waals surface area contributed by atoms with Gasteiger partial charge in [0.05, 0.1) is 15.7 Å². The number of carbonyl (C=O) groups excluding carboxylic acids is 1. The number of halogens is 2. The number of aryl methyl sites for hydroxylation is 1. The van der Waals surface area contributed by atoms with E-state index in [0.29, 0.717) is 11.4 Å². The molecule has 0 aromatic heterocycles. The summed E-state index contributed by atoms with van der Waals surface area (Å²) in [6, 6.07) is 1.71. The lowest BCUT2D eigenvalue weighted by molar-refractivity contribution is -0.140. The van der Waals surface area contributed by atoms with E-state index in [1.807, 2.05) is 6.92 Å². The lowest BCUT2D eigenvalue weighted by Gasteiger charge is -2.21. The fourth-order valence-corrected chi connectivity index (χ4v) is 2.21. The van der Waals surface area contributed by atoms with Gasteiger partial charge in [-0.15, -0.1) is 0 Å². The van der Waals surface area contributed by atoms with E-state index < -0.39 is 18.0 Å². The van der Waals surface area contributed by atoms with E-state index in [4.69, 9.17) is 28.3 Å². The predicted octanol–water partition coefficient (Wildman–Crippen LogP) is 3.92. The molecule has 0 aliphatic carbocycles. The van der Waals surface area contributed by atoms with Gasteiger partial charge in [-0.1, -0.05) is 49.5 Å². The molecule has 0 aliphatic rings. The number of anilines is 1. The molecule has 0 saturated carbocycles. The van der Waals surface area contributed by atoms with Gasteiger partial charge in [-0.05, 0) is 24.5 Å². The number of carboxylic acid groups (broad SMARTS) is 1. The van der Waals surface area contributed by atoms with E-state index in [1.54, 1.807) is 26.0 Å². The number of hydrogen-bond acceptors (Lipinski definition) is 2. The van der Waals surface area contributed by atoms with Crippen molar-refractivity contribution in [1.82, 2.24) is 5.32 Å². The highest BCUT2D eigenvalue weighted by Crippen LogP contribution is 2.32. The smallest absolute Gasteiger partial charge is 0.326 e. The van der Waals surface area contributed by atoms with Gasteiger partial charge < -0.3 is 15.7 Å². The van der Waals surface area contributed by atoms with Gasteiger partial charge in [0.25, 0.3) is 0 Å². The van der Waals surface area contributed by atoms with Gasteiger partial charge in [0.2, 0.25) is 0 Å². The molecule has 5 nitrogen and oxygen atoms in total. The Morgan fingerprint density at radius 2 is 1.95 bits per heavy atom. The van der Waals surface area contributed by atoms with Crippen LogP contribution in [0, 0.1) is 12.8 Å². The van der Waals surface area contributed by atoms with Gasteiger partial charge in [0.1, 0.15) is 6.04 Å². The number of urea groups is 1. The molecule has 0 bridgehead atoms. The van der Waals surface area contributed by atoms with Crippen LogP contribution >= 0.6 is 23.2 Å². The van der Waals surface area contributed by atoms with Crippen molar-refractivity contribution in [2.45, 2.75) is 33.2 Å². The lowest BCUT2D eigenvalue weighted by Crippen LogP contribution is -2.46. The Hall–Kier alpha value is -1.46. The summed E-state index contributed by atoms with van der Waals surface area (Å²) in [5.41, 5.74) is 1.03. The van der Waals surface area contributed by atoms with Crippen LogP contribution in [0.15, 0.2) is 12.1 Å². The van der Waals surface area contributed by atoms with Gasteiger partial charge in [0.15, 0.2) is 0 Å². The fraction of sp³-hybridized carbons (Fsp3) is 0.429. The largest absolute Gasteiger partial charge is 0.480 e. The minimum Gasteiger partial charge on any atom is -0.480 e. The molecule has 7 heteroatoms. The lowest BCUT2D eigenvalue weighted by atomic mass is 9.99. The predicted molar refractivity (Wildman–Crippen MR) is 84.2 cm³/mol. The number of carboxylic acids is 1. The maximum atomic E-state index is 12.0. The minimum atomic E-state index is -1.08. The SMILES string of the molecule is CCC(C)[C@H](NC(=O)Nc1c(Cl)ccc(C)c1Cl)C(=O)O. The summed E-state index contributed by atoms with van der Waals surface area (Å²) in [6.45, 7) is 5.39. The third-order valence-electron chi connectivity index (χ3n) is 3.29. The van der Waals surface area contributed by atoms with Crippen LogP contribution in [0.1, 0.15) is 25.8 Å². The molecule has 0 radical (unpaired) electrons. The Labute approximate surface area is 133 Å². The van der Waals surface area contributed by atoms with Gasteiger partial charge >= 0.3 is 12.0 Å². The zero-order chi connectivity index (χ0) is 16.2. The topological polar surface area (TPSA) is 78.4 Å². The molecule has 2 atom stereocenters. The number of amides is 2. The second-order valence-electron chi connectivity index (χ2n) is 4.85. The van der Waals surface area contributed by atoms with Crippen molar-refractivity contribution in [3.63, 3.8) is 0 Å². The molecule has 1 rings (SSSR count). The van der Waals surface area contributed by atoms with Crippen LogP contribution in [-0.2, 0) is 4.79 Å². The normalized spacial score (nSPS) is 13.4. The van der Waals surface area contributed by atoms with Crippen molar-refractivity contribution in [2.75, 3.05) is 5.32 Å². The summed E-state index contributed by atoms with van der Waals surface area (Å²) >= 11 is 12.1. The second kappa shape index (κ2) is 7.52. The third kappa shape index (κ3) is 4.51. The number of hydrogen-bond donors (Lipinski definition) is 3. The van der Waals surface area contributed by atoms with E-state index in [1.165, 1.54) is 0 Å². The van der Waals surface area contributed by atoms with Crippen LogP contribution < -0.4 is 10.6 Å². The summed E-state index contributed by atoms with van der Waals surface area (Å²) in [5, 5.41) is 14.7. The summed E-state index contributed by atoms with van der Waals surface area (Å²) in [4.78, 5) is 23.1. The van der Waals surface area contributed by atoms with Crippen LogP contribution in [0.4, 0.5) is 10.5 Å². The van der Waals surface area contributed by atoms with Crippen molar-refractivity contribution in [3.8, 4) is 0 Å². The molecule has 1 aromatic rings. The summed E-state index contributed by atoms with van der Waals surface area (Å²) < 4.78 is 0. The van der Waals surface area contributed by atoms with Crippen LogP contribution in [0.3, 0.4) is 0 Å². The summed E-state index contributed by atoms with van der Waals surface area (Å²) in [5.74, 6) is -1.28. The van der Waals surface area contributed by atoms with Crippen molar-refractivity contribution >= 4 is 40.9 Å². The molecule has 116 valence electrons. The van der Waals surface area contributed by atoms with E-state index in [-0.39, 0.29) is 16.6 Å². The number of carbonyl (C=O) groups is 2. The molecule has 1 unspecified atom stereocenters. The van der Waals surface area contributed by atoms with Gasteiger partial charge in [-0.2, -0.15) is 0 Å². The van der Waals surface area contributed by atoms with Gasteiger partial charge in [-0.3, -0.25) is 0 Å². The maximum absolute atomic E-state index is 12.0. The quantitative estimate of drug-likeness (QED) is 0.764. The van der Waals surface area contributed by atoms with E-state index in [9.17, 15) is 9.59 Å². The zero-order valence-corrected chi connectivity index (χ0v) is 13.5. The van der Waals surface area contributed by atoms with E-state index >= 15 is 0 Å². The molecule has 0 fully saturated rings. The first-order valence-electron chi connectivity index (χ1n) is 6.52. The van der Waals surface area contributed by atoms with Crippen LogP contribution in [0.2, 0.25) is 10.0 Å². The molecule has 3 N–H and O–H groups in total. The molecule has 21 heavy (non-hydrogen) atoms. The van der Waals surface area contributed by atoms with Crippen molar-refractivity contribution < 1.29 is 14.7 Å². The van der Waals surface area contributed by atoms with Crippen LogP contribution in [-0.4, -0.2) is 23.1 Å². The zero-order valence-electron chi connectivity index (χ0n) is 12.0.